The molecule has 0 aromatic rings. The Labute approximate surface area is 232 Å². The van der Waals surface area contributed by atoms with Crippen LogP contribution in [0.4, 0.5) is 30.7 Å². The molecular formula is C32H35F7O. The van der Waals surface area contributed by atoms with Crippen LogP contribution in [0.2, 0.25) is 0 Å². The molecule has 218 valence electrons. The van der Waals surface area contributed by atoms with E-state index in [1.54, 1.807) is 6.92 Å². The third-order valence-corrected chi connectivity index (χ3v) is 5.52. The molecule has 0 spiro atoms. The fourth-order valence-electron chi connectivity index (χ4n) is 2.74. The smallest absolute Gasteiger partial charge is 0.428 e. The highest BCUT2D eigenvalue weighted by Crippen LogP contribution is 2.35. The first kappa shape index (κ1) is 36.2. The van der Waals surface area contributed by atoms with E-state index in [1.807, 2.05) is 13.8 Å². The van der Waals surface area contributed by atoms with Gasteiger partial charge in [0.15, 0.2) is 11.7 Å². The van der Waals surface area contributed by atoms with E-state index in [4.69, 9.17) is 0 Å². The van der Waals surface area contributed by atoms with Crippen LogP contribution in [-0.2, 0) is 4.74 Å². The number of hydrogen-bond donors (Lipinski definition) is 0. The molecule has 0 saturated heterocycles. The van der Waals surface area contributed by atoms with Gasteiger partial charge in [0, 0.05) is 17.2 Å². The van der Waals surface area contributed by atoms with Crippen LogP contribution in [0.5, 0.6) is 0 Å². The second kappa shape index (κ2) is 15.7. The highest BCUT2D eigenvalue weighted by atomic mass is 19.3. The third-order valence-electron chi connectivity index (χ3n) is 5.52. The Morgan fingerprint density at radius 3 is 1.55 bits per heavy atom. The van der Waals surface area contributed by atoms with E-state index in [1.165, 1.54) is 0 Å². The molecule has 0 aliphatic carbocycles. The van der Waals surface area contributed by atoms with Crippen molar-refractivity contribution in [3.8, 4) is 0 Å². The summed E-state index contributed by atoms with van der Waals surface area (Å²) in [4.78, 5) is 0. The molecule has 0 fully saturated rings. The molecule has 0 rings (SSSR count). The fraction of sp³-hybridized carbons (Fsp3) is 0.250. The van der Waals surface area contributed by atoms with Gasteiger partial charge in [0.25, 0.3) is 0 Å². The predicted molar refractivity (Wildman–Crippen MR) is 150 cm³/mol. The van der Waals surface area contributed by atoms with E-state index in [-0.39, 0.29) is 22.6 Å². The standard InChI is InChI=1S/C32H35F7O/c1-18(2)12-13-19(3)20(4)14-30(36)26(10)32(38,39)40-23(7)17-29(35)25(9)21(5)15-28(34)24(8)22(6)16-31(37)27(11)33/h14-19H,4-13H2,1-3H3/b28-15+,29-17+,30-14+,31-16+. The SMILES string of the molecule is C=C(/C=C(/F)C(=C)C(=C)/C=C(/F)C(=C)C(=C)/C=C(/F)C(=C)F)OC(F)(F)C(=C)/C(F)=C\C(=C)C(C)CCC(C)C. The van der Waals surface area contributed by atoms with Crippen molar-refractivity contribution in [3.63, 3.8) is 0 Å². The van der Waals surface area contributed by atoms with E-state index in [0.29, 0.717) is 30.6 Å². The summed E-state index contributed by atoms with van der Waals surface area (Å²) >= 11 is 0. The van der Waals surface area contributed by atoms with Crippen LogP contribution >= 0.6 is 0 Å². The molecule has 0 amide bonds. The molecule has 1 nitrogen and oxygen atoms in total. The summed E-state index contributed by atoms with van der Waals surface area (Å²) in [6.45, 7) is 31.9. The molecule has 0 heterocycles. The molecule has 1 atom stereocenters. The number of ether oxygens (including phenoxy) is 1. The number of alkyl halides is 2. The maximum absolute atomic E-state index is 14.6. The molecule has 0 radical (unpaired) electrons. The first-order valence-electron chi connectivity index (χ1n) is 12.0. The number of halogens is 7. The summed E-state index contributed by atoms with van der Waals surface area (Å²) in [6.07, 6.45) is -0.313. The van der Waals surface area contributed by atoms with Crippen molar-refractivity contribution in [2.24, 2.45) is 11.8 Å². The molecule has 1 unspecified atom stereocenters. The second-order valence-corrected chi connectivity index (χ2v) is 9.39. The Bertz CT molecular complexity index is 1220. The lowest BCUT2D eigenvalue weighted by molar-refractivity contribution is -0.177. The highest BCUT2D eigenvalue weighted by Gasteiger charge is 2.38. The molecule has 40 heavy (non-hydrogen) atoms. The van der Waals surface area contributed by atoms with Gasteiger partial charge in [-0.15, -0.1) is 0 Å². The minimum absolute atomic E-state index is 0.163. The van der Waals surface area contributed by atoms with Crippen LogP contribution in [0, 0.1) is 11.8 Å². The minimum atomic E-state index is -4.30. The van der Waals surface area contributed by atoms with E-state index in [9.17, 15) is 30.7 Å². The summed E-state index contributed by atoms with van der Waals surface area (Å²) in [6, 6.07) is 0. The van der Waals surface area contributed by atoms with E-state index in [0.717, 1.165) is 12.5 Å². The second-order valence-electron chi connectivity index (χ2n) is 9.39. The summed E-state index contributed by atoms with van der Waals surface area (Å²) in [5.74, 6) is -7.28. The highest BCUT2D eigenvalue weighted by molar-refractivity contribution is 5.54. The largest absolute Gasteiger partial charge is 0.429 e. The van der Waals surface area contributed by atoms with Crippen molar-refractivity contribution in [2.45, 2.75) is 39.7 Å². The Morgan fingerprint density at radius 1 is 0.650 bits per heavy atom. The maximum Gasteiger partial charge on any atom is 0.428 e. The zero-order valence-electron chi connectivity index (χ0n) is 23.1. The number of allylic oxidation sites excluding steroid dienone is 13. The Kier molecular flexibility index (Phi) is 14.2. The van der Waals surface area contributed by atoms with Crippen LogP contribution in [0.25, 0.3) is 0 Å². The first-order chi connectivity index (χ1) is 18.2. The lowest BCUT2D eigenvalue weighted by atomic mass is 9.93. The van der Waals surface area contributed by atoms with Gasteiger partial charge in [-0.3, -0.25) is 0 Å². The molecule has 0 aromatic carbocycles. The first-order valence-corrected chi connectivity index (χ1v) is 12.0. The van der Waals surface area contributed by atoms with Gasteiger partial charge in [0.1, 0.15) is 23.2 Å². The average Bonchev–Trinajstić information content (AvgIpc) is 2.84. The van der Waals surface area contributed by atoms with E-state index >= 15 is 0 Å². The summed E-state index contributed by atoms with van der Waals surface area (Å²) < 4.78 is 103. The van der Waals surface area contributed by atoms with E-state index < -0.39 is 57.7 Å². The Hall–Kier alpha value is -3.81. The molecule has 8 heteroatoms. The van der Waals surface area contributed by atoms with Gasteiger partial charge in [-0.05, 0) is 53.2 Å². The van der Waals surface area contributed by atoms with Crippen molar-refractivity contribution in [3.05, 3.63) is 145 Å². The zero-order valence-corrected chi connectivity index (χ0v) is 23.1. The molecular weight excluding hydrogens is 533 g/mol. The monoisotopic (exact) mass is 568 g/mol. The van der Waals surface area contributed by atoms with Crippen LogP contribution < -0.4 is 0 Å². The van der Waals surface area contributed by atoms with Gasteiger partial charge in [0.2, 0.25) is 0 Å². The zero-order chi connectivity index (χ0) is 31.5. The van der Waals surface area contributed by atoms with Gasteiger partial charge in [-0.2, -0.15) is 8.78 Å². The maximum atomic E-state index is 14.6. The van der Waals surface area contributed by atoms with Crippen molar-refractivity contribution < 1.29 is 35.5 Å². The predicted octanol–water partition coefficient (Wildman–Crippen LogP) is 11.4. The third kappa shape index (κ3) is 11.9. The van der Waals surface area contributed by atoms with Crippen molar-refractivity contribution in [1.29, 1.82) is 0 Å². The summed E-state index contributed by atoms with van der Waals surface area (Å²) in [5.41, 5.74) is -2.80. The Balaban J connectivity index is 5.49. The van der Waals surface area contributed by atoms with E-state index in [2.05, 4.69) is 57.4 Å². The van der Waals surface area contributed by atoms with Crippen molar-refractivity contribution >= 4 is 0 Å². The quantitative estimate of drug-likeness (QED) is 0.0963. The molecule has 0 aliphatic heterocycles. The molecule has 0 bridgehead atoms. The number of hydrogen-bond acceptors (Lipinski definition) is 1. The minimum Gasteiger partial charge on any atom is -0.429 e. The lowest BCUT2D eigenvalue weighted by Crippen LogP contribution is -2.23. The van der Waals surface area contributed by atoms with Gasteiger partial charge < -0.3 is 4.74 Å². The summed E-state index contributed by atoms with van der Waals surface area (Å²) in [7, 11) is 0. The molecule has 0 N–H and O–H groups in total. The topological polar surface area (TPSA) is 9.23 Å². The normalized spacial score (nSPS) is 14.0. The molecule has 0 saturated carbocycles. The Morgan fingerprint density at radius 2 is 1.10 bits per heavy atom. The molecule has 0 aliphatic rings. The van der Waals surface area contributed by atoms with Gasteiger partial charge in [-0.25, -0.2) is 22.0 Å². The van der Waals surface area contributed by atoms with Crippen LogP contribution in [0.1, 0.15) is 33.6 Å². The van der Waals surface area contributed by atoms with Gasteiger partial charge in [-0.1, -0.05) is 79.8 Å². The summed E-state index contributed by atoms with van der Waals surface area (Å²) in [5, 5.41) is 0. The van der Waals surface area contributed by atoms with Crippen molar-refractivity contribution in [1.82, 2.24) is 0 Å². The van der Waals surface area contributed by atoms with Crippen LogP contribution in [0.15, 0.2) is 145 Å². The van der Waals surface area contributed by atoms with Crippen molar-refractivity contribution in [2.75, 3.05) is 0 Å². The number of rotatable bonds is 17. The average molecular weight is 569 g/mol. The van der Waals surface area contributed by atoms with Crippen LogP contribution in [0.3, 0.4) is 0 Å². The fourth-order valence-corrected chi connectivity index (χ4v) is 2.74. The van der Waals surface area contributed by atoms with Gasteiger partial charge >= 0.3 is 6.11 Å². The lowest BCUT2D eigenvalue weighted by Gasteiger charge is -2.20. The van der Waals surface area contributed by atoms with Crippen LogP contribution in [-0.4, -0.2) is 6.11 Å². The molecule has 0 aromatic heterocycles. The van der Waals surface area contributed by atoms with Gasteiger partial charge in [0.05, 0.1) is 5.57 Å².